The maximum atomic E-state index is 12.7. The van der Waals surface area contributed by atoms with Crippen LogP contribution in [0, 0.1) is 0 Å². The van der Waals surface area contributed by atoms with Crippen molar-refractivity contribution in [1.82, 2.24) is 0 Å². The molecule has 0 bridgehead atoms. The Kier molecular flexibility index (Phi) is 5.21. The average Bonchev–Trinajstić information content (AvgIpc) is 2.86. The first-order valence-corrected chi connectivity index (χ1v) is 9.76. The number of hydrogen-bond acceptors (Lipinski definition) is 2. The summed E-state index contributed by atoms with van der Waals surface area (Å²) in [6, 6.07) is 22.8. The van der Waals surface area contributed by atoms with Crippen molar-refractivity contribution in [3.8, 4) is 0 Å². The summed E-state index contributed by atoms with van der Waals surface area (Å²) < 4.78 is 0. The highest BCUT2D eigenvalue weighted by Crippen LogP contribution is 2.40. The van der Waals surface area contributed by atoms with Crippen molar-refractivity contribution in [3.05, 3.63) is 94.0 Å². The third-order valence-corrected chi connectivity index (χ3v) is 5.37. The molecule has 0 saturated carbocycles. The molecule has 0 aliphatic carbocycles. The van der Waals surface area contributed by atoms with Crippen LogP contribution in [0.3, 0.4) is 0 Å². The molecule has 1 aliphatic rings. The van der Waals surface area contributed by atoms with Crippen molar-refractivity contribution in [3.63, 3.8) is 0 Å². The third kappa shape index (κ3) is 3.68. The van der Waals surface area contributed by atoms with Crippen LogP contribution in [0.1, 0.15) is 30.5 Å². The van der Waals surface area contributed by atoms with Crippen LogP contribution in [-0.2, 0) is 4.79 Å². The van der Waals surface area contributed by atoms with Gasteiger partial charge in [0.2, 0.25) is 5.91 Å². The second-order valence-electron chi connectivity index (χ2n) is 6.71. The lowest BCUT2D eigenvalue weighted by Crippen LogP contribution is -2.33. The summed E-state index contributed by atoms with van der Waals surface area (Å²) in [6.45, 7) is 1.59. The number of para-hydroxylation sites is 2. The molecule has 0 saturated heterocycles. The van der Waals surface area contributed by atoms with E-state index in [-0.39, 0.29) is 11.9 Å². The van der Waals surface area contributed by atoms with Crippen molar-refractivity contribution < 1.29 is 4.79 Å². The second kappa shape index (κ2) is 7.78. The largest absolute Gasteiger partial charge is 0.303 e. The number of anilines is 1. The Bertz CT molecular complexity index is 1040. The normalized spacial score (nSPS) is 16.2. The van der Waals surface area contributed by atoms with Crippen molar-refractivity contribution in [1.29, 1.82) is 0 Å². The first-order valence-electron chi connectivity index (χ1n) is 9.01. The fourth-order valence-electron chi connectivity index (χ4n) is 3.56. The van der Waals surface area contributed by atoms with Crippen LogP contribution in [0.2, 0.25) is 10.0 Å². The molecule has 0 fully saturated rings. The molecule has 1 atom stereocenters. The van der Waals surface area contributed by atoms with Crippen LogP contribution in [0.15, 0.2) is 77.8 Å². The van der Waals surface area contributed by atoms with Crippen LogP contribution in [0.4, 0.5) is 11.4 Å². The number of nitrogens with zero attached hydrogens (tertiary/aromatic N) is 2. The molecule has 1 unspecified atom stereocenters. The van der Waals surface area contributed by atoms with Gasteiger partial charge < -0.3 is 4.90 Å². The number of carbonyl (C=O) groups is 1. The molecule has 1 amide bonds. The molecule has 1 aliphatic heterocycles. The van der Waals surface area contributed by atoms with Gasteiger partial charge in [-0.05, 0) is 47.5 Å². The fraction of sp³-hybridized carbons (Fsp3) is 0.130. The van der Waals surface area contributed by atoms with E-state index in [4.69, 9.17) is 28.2 Å². The predicted octanol–water partition coefficient (Wildman–Crippen LogP) is 6.61. The number of hydrogen-bond donors (Lipinski definition) is 0. The third-order valence-electron chi connectivity index (χ3n) is 4.87. The second-order valence-corrected chi connectivity index (χ2v) is 7.59. The molecule has 0 N–H and O–H groups in total. The fourth-order valence-corrected chi connectivity index (χ4v) is 3.81. The zero-order valence-electron chi connectivity index (χ0n) is 15.3. The van der Waals surface area contributed by atoms with Gasteiger partial charge in [-0.3, -0.25) is 9.79 Å². The molecule has 3 aromatic carbocycles. The van der Waals surface area contributed by atoms with E-state index in [0.717, 1.165) is 28.2 Å². The van der Waals surface area contributed by atoms with Gasteiger partial charge in [-0.15, -0.1) is 0 Å². The Balaban J connectivity index is 1.89. The molecule has 0 spiro atoms. The van der Waals surface area contributed by atoms with Gasteiger partial charge in [0.05, 0.1) is 23.1 Å². The standard InChI is InChI=1S/C23H18Cl2N2O/c1-15(28)27-22-5-3-2-4-20(22)26-21(16-6-10-18(24)11-7-16)14-23(27)17-8-12-19(25)13-9-17/h2-13,23H,14H2,1H3. The molecule has 0 radical (unpaired) electrons. The average molecular weight is 409 g/mol. The lowest BCUT2D eigenvalue weighted by Gasteiger charge is -2.30. The molecule has 3 aromatic rings. The Hall–Kier alpha value is -2.62. The van der Waals surface area contributed by atoms with E-state index in [9.17, 15) is 4.79 Å². The number of fused-ring (bicyclic) bond motifs is 1. The zero-order valence-corrected chi connectivity index (χ0v) is 16.8. The van der Waals surface area contributed by atoms with Crippen LogP contribution < -0.4 is 4.90 Å². The summed E-state index contributed by atoms with van der Waals surface area (Å²) in [7, 11) is 0. The minimum absolute atomic E-state index is 0.0278. The maximum Gasteiger partial charge on any atom is 0.224 e. The van der Waals surface area contributed by atoms with Gasteiger partial charge in [0.1, 0.15) is 0 Å². The molecule has 28 heavy (non-hydrogen) atoms. The van der Waals surface area contributed by atoms with E-state index in [1.165, 1.54) is 0 Å². The quantitative estimate of drug-likeness (QED) is 0.469. The molecule has 4 rings (SSSR count). The SMILES string of the molecule is CC(=O)N1c2ccccc2N=C(c2ccc(Cl)cc2)CC1c1ccc(Cl)cc1. The Morgan fingerprint density at radius 3 is 2.18 bits per heavy atom. The Morgan fingerprint density at radius 1 is 0.929 bits per heavy atom. The number of aliphatic imine (C=N–C) groups is 1. The van der Waals surface area contributed by atoms with E-state index in [1.54, 1.807) is 6.92 Å². The van der Waals surface area contributed by atoms with Crippen LogP contribution in [-0.4, -0.2) is 11.6 Å². The molecule has 0 aromatic heterocycles. The zero-order chi connectivity index (χ0) is 19.7. The van der Waals surface area contributed by atoms with Gasteiger partial charge in [0.15, 0.2) is 0 Å². The number of rotatable bonds is 2. The highest BCUT2D eigenvalue weighted by Gasteiger charge is 2.30. The van der Waals surface area contributed by atoms with Crippen LogP contribution in [0.5, 0.6) is 0 Å². The topological polar surface area (TPSA) is 32.7 Å². The first kappa shape index (κ1) is 18.7. The number of benzene rings is 3. The van der Waals surface area contributed by atoms with Crippen LogP contribution >= 0.6 is 23.2 Å². The highest BCUT2D eigenvalue weighted by atomic mass is 35.5. The van der Waals surface area contributed by atoms with Gasteiger partial charge >= 0.3 is 0 Å². The Morgan fingerprint density at radius 2 is 1.54 bits per heavy atom. The summed E-state index contributed by atoms with van der Waals surface area (Å²) in [4.78, 5) is 19.4. The van der Waals surface area contributed by atoms with Crippen LogP contribution in [0.25, 0.3) is 0 Å². The molecule has 140 valence electrons. The van der Waals surface area contributed by atoms with E-state index >= 15 is 0 Å². The molecular weight excluding hydrogens is 391 g/mol. The van der Waals surface area contributed by atoms with Gasteiger partial charge in [0, 0.05) is 23.4 Å². The van der Waals surface area contributed by atoms with Gasteiger partial charge in [-0.25, -0.2) is 0 Å². The number of carbonyl (C=O) groups excluding carboxylic acids is 1. The van der Waals surface area contributed by atoms with Gasteiger partial charge in [-0.1, -0.05) is 59.6 Å². The van der Waals surface area contributed by atoms with Crippen molar-refractivity contribution in [2.45, 2.75) is 19.4 Å². The Labute approximate surface area is 174 Å². The van der Waals surface area contributed by atoms with Crippen molar-refractivity contribution >= 4 is 46.2 Å². The first-order chi connectivity index (χ1) is 13.5. The minimum Gasteiger partial charge on any atom is -0.303 e. The van der Waals surface area contributed by atoms with E-state index < -0.39 is 0 Å². The number of amides is 1. The molecule has 5 heteroatoms. The summed E-state index contributed by atoms with van der Waals surface area (Å²) in [5.74, 6) is -0.0278. The highest BCUT2D eigenvalue weighted by molar-refractivity contribution is 6.31. The summed E-state index contributed by atoms with van der Waals surface area (Å²) >= 11 is 12.1. The predicted molar refractivity (Wildman–Crippen MR) is 116 cm³/mol. The monoisotopic (exact) mass is 408 g/mol. The lowest BCUT2D eigenvalue weighted by atomic mass is 9.96. The number of halogens is 2. The lowest BCUT2D eigenvalue weighted by molar-refractivity contribution is -0.117. The molecule has 1 heterocycles. The van der Waals surface area contributed by atoms with E-state index in [2.05, 4.69) is 0 Å². The summed E-state index contributed by atoms with van der Waals surface area (Å²) in [5.41, 5.74) is 4.49. The van der Waals surface area contributed by atoms with Crippen molar-refractivity contribution in [2.75, 3.05) is 4.90 Å². The van der Waals surface area contributed by atoms with E-state index in [1.807, 2.05) is 77.7 Å². The molecule has 3 nitrogen and oxygen atoms in total. The van der Waals surface area contributed by atoms with E-state index in [0.29, 0.717) is 16.5 Å². The van der Waals surface area contributed by atoms with Gasteiger partial charge in [-0.2, -0.15) is 0 Å². The summed E-state index contributed by atoms with van der Waals surface area (Å²) in [6.07, 6.45) is 0.581. The maximum absolute atomic E-state index is 12.7. The van der Waals surface area contributed by atoms with Gasteiger partial charge in [0.25, 0.3) is 0 Å². The minimum atomic E-state index is -0.187. The smallest absolute Gasteiger partial charge is 0.224 e. The summed E-state index contributed by atoms with van der Waals surface area (Å²) in [5, 5.41) is 1.34. The molecular formula is C23H18Cl2N2O. The van der Waals surface area contributed by atoms with Crippen molar-refractivity contribution in [2.24, 2.45) is 4.99 Å².